The van der Waals surface area contributed by atoms with Crippen LogP contribution in [0.4, 0.5) is 0 Å². The van der Waals surface area contributed by atoms with E-state index in [4.69, 9.17) is 14.2 Å². The van der Waals surface area contributed by atoms with Gasteiger partial charge in [0.05, 0.1) is 13.2 Å². The van der Waals surface area contributed by atoms with E-state index in [9.17, 15) is 15.3 Å². The molecule has 1 aliphatic heterocycles. The number of aliphatic hydroxyl groups is 3. The van der Waals surface area contributed by atoms with Gasteiger partial charge in [-0.1, -0.05) is 42.5 Å². The number of hydrogen-bond donors (Lipinski definition) is 3. The molecule has 0 saturated carbocycles. The first-order chi connectivity index (χ1) is 11.6. The molecular weight excluding hydrogens is 312 g/mol. The molecule has 6 nitrogen and oxygen atoms in total. The summed E-state index contributed by atoms with van der Waals surface area (Å²) < 4.78 is 16.4. The SMILES string of the molecule is C=CCO[C@H]1OC[C@@H](O)[C@H](O[C@H]2C=Cc3ccccc3[C@@H]2O)[C@@H]1O. The monoisotopic (exact) mass is 334 g/mol. The van der Waals surface area contributed by atoms with Crippen LogP contribution in [-0.2, 0) is 14.2 Å². The molecular formula is C18H22O6. The Labute approximate surface area is 140 Å². The van der Waals surface area contributed by atoms with Gasteiger partial charge in [0.2, 0.25) is 0 Å². The average molecular weight is 334 g/mol. The third-order valence-electron chi connectivity index (χ3n) is 4.21. The van der Waals surface area contributed by atoms with Crippen molar-refractivity contribution in [3.63, 3.8) is 0 Å². The van der Waals surface area contributed by atoms with Crippen molar-refractivity contribution in [1.82, 2.24) is 0 Å². The molecule has 0 aromatic heterocycles. The topological polar surface area (TPSA) is 88.4 Å². The molecule has 1 saturated heterocycles. The fraction of sp³-hybridized carbons (Fsp3) is 0.444. The molecule has 0 bridgehead atoms. The van der Waals surface area contributed by atoms with Gasteiger partial charge >= 0.3 is 0 Å². The van der Waals surface area contributed by atoms with E-state index in [0.29, 0.717) is 0 Å². The quantitative estimate of drug-likeness (QED) is 0.690. The largest absolute Gasteiger partial charge is 0.388 e. The van der Waals surface area contributed by atoms with Gasteiger partial charge in [0, 0.05) is 0 Å². The summed E-state index contributed by atoms with van der Waals surface area (Å²) in [6.45, 7) is 3.73. The Morgan fingerprint density at radius 2 is 2.04 bits per heavy atom. The maximum atomic E-state index is 10.5. The summed E-state index contributed by atoms with van der Waals surface area (Å²) in [5, 5.41) is 31.0. The summed E-state index contributed by atoms with van der Waals surface area (Å²) in [5.74, 6) is 0. The van der Waals surface area contributed by atoms with E-state index in [-0.39, 0.29) is 13.2 Å². The van der Waals surface area contributed by atoms with Crippen molar-refractivity contribution >= 4 is 6.08 Å². The summed E-state index contributed by atoms with van der Waals surface area (Å²) in [4.78, 5) is 0. The Morgan fingerprint density at radius 3 is 2.83 bits per heavy atom. The maximum Gasteiger partial charge on any atom is 0.186 e. The Kier molecular flexibility index (Phi) is 5.45. The first-order valence-electron chi connectivity index (χ1n) is 7.92. The minimum atomic E-state index is -1.17. The molecule has 0 amide bonds. The number of rotatable bonds is 5. The molecule has 1 heterocycles. The zero-order valence-corrected chi connectivity index (χ0v) is 13.2. The lowest BCUT2D eigenvalue weighted by atomic mass is 9.92. The highest BCUT2D eigenvalue weighted by molar-refractivity contribution is 5.58. The summed E-state index contributed by atoms with van der Waals surface area (Å²) >= 11 is 0. The van der Waals surface area contributed by atoms with Crippen LogP contribution in [0.25, 0.3) is 6.08 Å². The van der Waals surface area contributed by atoms with E-state index in [2.05, 4.69) is 6.58 Å². The molecule has 0 radical (unpaired) electrons. The molecule has 0 unspecified atom stereocenters. The van der Waals surface area contributed by atoms with Gasteiger partial charge in [-0.3, -0.25) is 0 Å². The van der Waals surface area contributed by atoms with Crippen molar-refractivity contribution < 1.29 is 29.5 Å². The Balaban J connectivity index is 1.71. The van der Waals surface area contributed by atoms with Crippen LogP contribution >= 0.6 is 0 Å². The highest BCUT2D eigenvalue weighted by atomic mass is 16.7. The minimum Gasteiger partial charge on any atom is -0.388 e. The maximum absolute atomic E-state index is 10.5. The molecule has 1 fully saturated rings. The number of ether oxygens (including phenoxy) is 3. The van der Waals surface area contributed by atoms with Crippen molar-refractivity contribution in [2.75, 3.05) is 13.2 Å². The second kappa shape index (κ2) is 7.57. The fourth-order valence-electron chi connectivity index (χ4n) is 2.96. The highest BCUT2D eigenvalue weighted by Gasteiger charge is 2.42. The standard InChI is InChI=1S/C18H22O6/c1-2-9-22-18-16(21)17(13(19)10-23-18)24-14-8-7-11-5-3-4-6-12(11)15(14)20/h2-8,13-21H,1,9-10H2/t13-,14+,15+,16+,17+,18+/m1/s1. The number of fused-ring (bicyclic) bond motifs is 1. The van der Waals surface area contributed by atoms with E-state index in [1.165, 1.54) is 0 Å². The number of hydrogen-bond acceptors (Lipinski definition) is 6. The van der Waals surface area contributed by atoms with Gasteiger partial charge in [0.25, 0.3) is 0 Å². The lowest BCUT2D eigenvalue weighted by molar-refractivity contribution is -0.282. The molecule has 1 aliphatic carbocycles. The second-order valence-corrected chi connectivity index (χ2v) is 5.88. The predicted molar refractivity (Wildman–Crippen MR) is 87.0 cm³/mol. The van der Waals surface area contributed by atoms with Crippen LogP contribution in [0.3, 0.4) is 0 Å². The predicted octanol–water partition coefficient (Wildman–Crippen LogP) is 0.781. The van der Waals surface area contributed by atoms with E-state index in [1.807, 2.05) is 30.3 Å². The summed E-state index contributed by atoms with van der Waals surface area (Å²) in [7, 11) is 0. The van der Waals surface area contributed by atoms with Crippen LogP contribution in [-0.4, -0.2) is 59.2 Å². The van der Waals surface area contributed by atoms with Crippen molar-refractivity contribution in [3.05, 3.63) is 54.1 Å². The van der Waals surface area contributed by atoms with Crippen molar-refractivity contribution in [2.24, 2.45) is 0 Å². The zero-order chi connectivity index (χ0) is 17.1. The van der Waals surface area contributed by atoms with Gasteiger partial charge in [-0.2, -0.15) is 0 Å². The van der Waals surface area contributed by atoms with Gasteiger partial charge in [-0.05, 0) is 11.1 Å². The average Bonchev–Trinajstić information content (AvgIpc) is 2.60. The molecule has 3 N–H and O–H groups in total. The second-order valence-electron chi connectivity index (χ2n) is 5.88. The first-order valence-corrected chi connectivity index (χ1v) is 7.92. The molecule has 6 atom stereocenters. The minimum absolute atomic E-state index is 0.0212. The van der Waals surface area contributed by atoms with Gasteiger partial charge in [-0.25, -0.2) is 0 Å². The Bertz CT molecular complexity index is 601. The summed E-state index contributed by atoms with van der Waals surface area (Å²) in [6, 6.07) is 7.47. The molecule has 1 aromatic carbocycles. The van der Waals surface area contributed by atoms with E-state index < -0.39 is 36.8 Å². The lowest BCUT2D eigenvalue weighted by Gasteiger charge is -2.40. The van der Waals surface area contributed by atoms with Crippen molar-refractivity contribution in [2.45, 2.75) is 36.8 Å². The van der Waals surface area contributed by atoms with Gasteiger partial charge < -0.3 is 29.5 Å². The highest BCUT2D eigenvalue weighted by Crippen LogP contribution is 2.32. The molecule has 2 aliphatic rings. The zero-order valence-electron chi connectivity index (χ0n) is 13.2. The van der Waals surface area contributed by atoms with Gasteiger partial charge in [-0.15, -0.1) is 6.58 Å². The third kappa shape index (κ3) is 3.44. The third-order valence-corrected chi connectivity index (χ3v) is 4.21. The molecule has 6 heteroatoms. The van der Waals surface area contributed by atoms with Crippen molar-refractivity contribution in [3.8, 4) is 0 Å². The number of benzene rings is 1. The number of aliphatic hydroxyl groups excluding tert-OH is 3. The Morgan fingerprint density at radius 1 is 1.25 bits per heavy atom. The van der Waals surface area contributed by atoms with E-state index in [1.54, 1.807) is 12.2 Å². The van der Waals surface area contributed by atoms with Gasteiger partial charge in [0.15, 0.2) is 6.29 Å². The smallest absolute Gasteiger partial charge is 0.186 e. The molecule has 3 rings (SSSR count). The molecule has 24 heavy (non-hydrogen) atoms. The van der Waals surface area contributed by atoms with Crippen LogP contribution in [0.1, 0.15) is 17.2 Å². The van der Waals surface area contributed by atoms with Gasteiger partial charge in [0.1, 0.15) is 30.5 Å². The molecule has 1 aromatic rings. The van der Waals surface area contributed by atoms with E-state index >= 15 is 0 Å². The van der Waals surface area contributed by atoms with Crippen molar-refractivity contribution in [1.29, 1.82) is 0 Å². The van der Waals surface area contributed by atoms with E-state index in [0.717, 1.165) is 11.1 Å². The summed E-state index contributed by atoms with van der Waals surface area (Å²) in [6.07, 6.45) is -0.447. The summed E-state index contributed by atoms with van der Waals surface area (Å²) in [5.41, 5.74) is 1.67. The molecule has 130 valence electrons. The molecule has 0 spiro atoms. The van der Waals surface area contributed by atoms with Crippen LogP contribution in [0.15, 0.2) is 43.0 Å². The lowest BCUT2D eigenvalue weighted by Crippen LogP contribution is -2.56. The van der Waals surface area contributed by atoms with Crippen LogP contribution < -0.4 is 0 Å². The fourth-order valence-corrected chi connectivity index (χ4v) is 2.96. The van der Waals surface area contributed by atoms with Crippen LogP contribution in [0.2, 0.25) is 0 Å². The van der Waals surface area contributed by atoms with Crippen LogP contribution in [0, 0.1) is 0 Å². The first kappa shape index (κ1) is 17.3. The Hall–Kier alpha value is -1.54. The van der Waals surface area contributed by atoms with Crippen LogP contribution in [0.5, 0.6) is 0 Å². The normalized spacial score (nSPS) is 35.5.